The molecule has 1 heterocycles. The normalized spacial score (nSPS) is 27.0. The van der Waals surface area contributed by atoms with Gasteiger partial charge in [0.2, 0.25) is 0 Å². The molecule has 0 aliphatic heterocycles. The lowest BCUT2D eigenvalue weighted by molar-refractivity contribution is 0.358. The zero-order chi connectivity index (χ0) is 12.3. The van der Waals surface area contributed by atoms with E-state index in [1.54, 1.807) is 0 Å². The summed E-state index contributed by atoms with van der Waals surface area (Å²) in [5.74, 6) is 0.630. The third-order valence-electron chi connectivity index (χ3n) is 3.99. The largest absolute Gasteiger partial charge is 0.270 e. The molecule has 1 aliphatic carbocycles. The molecule has 17 heavy (non-hydrogen) atoms. The number of hydrogen-bond acceptors (Lipinski definition) is 1. The van der Waals surface area contributed by atoms with E-state index in [4.69, 9.17) is 11.6 Å². The van der Waals surface area contributed by atoms with Crippen molar-refractivity contribution >= 4 is 11.6 Å². The first-order valence-electron chi connectivity index (χ1n) is 6.88. The molecule has 1 aromatic heterocycles. The van der Waals surface area contributed by atoms with Crippen LogP contribution in [0.3, 0.4) is 0 Å². The van der Waals surface area contributed by atoms with Crippen molar-refractivity contribution in [1.29, 1.82) is 0 Å². The first-order chi connectivity index (χ1) is 8.20. The van der Waals surface area contributed by atoms with Crippen molar-refractivity contribution < 1.29 is 0 Å². The monoisotopic (exact) mass is 254 g/mol. The maximum atomic E-state index is 6.39. The van der Waals surface area contributed by atoms with Crippen LogP contribution in [0.5, 0.6) is 0 Å². The summed E-state index contributed by atoms with van der Waals surface area (Å²) in [6, 6.07) is 2.66. The van der Waals surface area contributed by atoms with Gasteiger partial charge in [-0.05, 0) is 44.6 Å². The van der Waals surface area contributed by atoms with E-state index in [1.165, 1.54) is 31.4 Å². The van der Waals surface area contributed by atoms with E-state index in [2.05, 4.69) is 35.9 Å². The van der Waals surface area contributed by atoms with Crippen LogP contribution in [0.25, 0.3) is 0 Å². The minimum atomic E-state index is 0.359. The molecule has 2 rings (SSSR count). The van der Waals surface area contributed by atoms with Crippen LogP contribution in [0.15, 0.2) is 12.3 Å². The molecule has 0 saturated heterocycles. The Balaban J connectivity index is 1.96. The number of hydrogen-bond donors (Lipinski definition) is 0. The third kappa shape index (κ3) is 3.25. The summed E-state index contributed by atoms with van der Waals surface area (Å²) in [7, 11) is 0. The standard InChI is InChI=1S/C14H23ClN2/c1-3-11(2)17-9-8-13(16-17)10-12-6-4-5-7-14(12)15/h8-9,11-12,14H,3-7,10H2,1-2H3. The highest BCUT2D eigenvalue weighted by molar-refractivity contribution is 6.20. The van der Waals surface area contributed by atoms with Gasteiger partial charge >= 0.3 is 0 Å². The Hall–Kier alpha value is -0.500. The Labute approximate surface area is 109 Å². The second-order valence-electron chi connectivity index (χ2n) is 5.31. The maximum absolute atomic E-state index is 6.39. The fourth-order valence-electron chi connectivity index (χ4n) is 2.58. The van der Waals surface area contributed by atoms with Gasteiger partial charge in [0.25, 0.3) is 0 Å². The number of alkyl halides is 1. The van der Waals surface area contributed by atoms with Crippen LogP contribution < -0.4 is 0 Å². The van der Waals surface area contributed by atoms with Gasteiger partial charge < -0.3 is 0 Å². The van der Waals surface area contributed by atoms with Gasteiger partial charge in [-0.25, -0.2) is 0 Å². The summed E-state index contributed by atoms with van der Waals surface area (Å²) in [5.41, 5.74) is 1.21. The summed E-state index contributed by atoms with van der Waals surface area (Å²) in [5, 5.41) is 5.03. The Bertz CT molecular complexity index is 348. The molecule has 96 valence electrons. The van der Waals surface area contributed by atoms with Crippen LogP contribution in [0, 0.1) is 5.92 Å². The SMILES string of the molecule is CCC(C)n1ccc(CC2CCCCC2Cl)n1. The van der Waals surface area contributed by atoms with E-state index in [0.29, 0.717) is 17.3 Å². The molecule has 0 aromatic carbocycles. The van der Waals surface area contributed by atoms with Crippen LogP contribution >= 0.6 is 11.6 Å². The molecule has 0 bridgehead atoms. The number of nitrogens with zero attached hydrogens (tertiary/aromatic N) is 2. The minimum Gasteiger partial charge on any atom is -0.270 e. The molecule has 1 aromatic rings. The topological polar surface area (TPSA) is 17.8 Å². The van der Waals surface area contributed by atoms with E-state index in [9.17, 15) is 0 Å². The molecule has 1 aliphatic rings. The van der Waals surface area contributed by atoms with Gasteiger partial charge in [0, 0.05) is 17.6 Å². The lowest BCUT2D eigenvalue weighted by atomic mass is 9.86. The molecule has 1 saturated carbocycles. The van der Waals surface area contributed by atoms with Crippen LogP contribution in [0.1, 0.15) is 57.7 Å². The van der Waals surface area contributed by atoms with Gasteiger partial charge in [0.15, 0.2) is 0 Å². The minimum absolute atomic E-state index is 0.359. The molecule has 3 heteroatoms. The Morgan fingerprint density at radius 3 is 2.94 bits per heavy atom. The molecule has 3 unspecified atom stereocenters. The first-order valence-corrected chi connectivity index (χ1v) is 7.32. The summed E-state index contributed by atoms with van der Waals surface area (Å²) in [4.78, 5) is 0. The lowest BCUT2D eigenvalue weighted by Crippen LogP contribution is -2.22. The molecule has 0 spiro atoms. The highest BCUT2D eigenvalue weighted by Crippen LogP contribution is 2.30. The summed E-state index contributed by atoms with van der Waals surface area (Å²) in [6.45, 7) is 4.41. The van der Waals surface area contributed by atoms with E-state index >= 15 is 0 Å². The van der Waals surface area contributed by atoms with Crippen molar-refractivity contribution in [1.82, 2.24) is 9.78 Å². The lowest BCUT2D eigenvalue weighted by Gasteiger charge is -2.26. The average molecular weight is 255 g/mol. The van der Waals surface area contributed by atoms with Crippen molar-refractivity contribution in [2.75, 3.05) is 0 Å². The molecule has 1 fully saturated rings. The van der Waals surface area contributed by atoms with Crippen molar-refractivity contribution in [3.05, 3.63) is 18.0 Å². The smallest absolute Gasteiger partial charge is 0.0628 e. The van der Waals surface area contributed by atoms with Crippen molar-refractivity contribution in [3.63, 3.8) is 0 Å². The van der Waals surface area contributed by atoms with E-state index in [1.807, 2.05) is 0 Å². The molecule has 0 radical (unpaired) electrons. The second kappa shape index (κ2) is 5.90. The van der Waals surface area contributed by atoms with Crippen LogP contribution in [0.2, 0.25) is 0 Å². The van der Waals surface area contributed by atoms with Crippen molar-refractivity contribution in [2.45, 2.75) is 63.8 Å². The van der Waals surface area contributed by atoms with Gasteiger partial charge in [0.05, 0.1) is 5.69 Å². The molecule has 0 N–H and O–H groups in total. The van der Waals surface area contributed by atoms with Gasteiger partial charge in [-0.2, -0.15) is 5.10 Å². The van der Waals surface area contributed by atoms with Crippen LogP contribution in [-0.2, 0) is 6.42 Å². The fraction of sp³-hybridized carbons (Fsp3) is 0.786. The molecular weight excluding hydrogens is 232 g/mol. The highest BCUT2D eigenvalue weighted by atomic mass is 35.5. The zero-order valence-electron chi connectivity index (χ0n) is 10.9. The number of halogens is 1. The molecular formula is C14H23ClN2. The summed E-state index contributed by atoms with van der Waals surface area (Å²) < 4.78 is 2.08. The highest BCUT2D eigenvalue weighted by Gasteiger charge is 2.24. The molecule has 3 atom stereocenters. The van der Waals surface area contributed by atoms with Gasteiger partial charge in [-0.3, -0.25) is 4.68 Å². The molecule has 0 amide bonds. The number of aromatic nitrogens is 2. The second-order valence-corrected chi connectivity index (χ2v) is 5.87. The van der Waals surface area contributed by atoms with Gasteiger partial charge in [0.1, 0.15) is 0 Å². The first kappa shape index (κ1) is 12.9. The zero-order valence-corrected chi connectivity index (χ0v) is 11.7. The van der Waals surface area contributed by atoms with Crippen molar-refractivity contribution in [2.24, 2.45) is 5.92 Å². The Morgan fingerprint density at radius 2 is 2.24 bits per heavy atom. The van der Waals surface area contributed by atoms with Crippen molar-refractivity contribution in [3.8, 4) is 0 Å². The van der Waals surface area contributed by atoms with Gasteiger partial charge in [-0.15, -0.1) is 11.6 Å². The summed E-state index contributed by atoms with van der Waals surface area (Å²) in [6.07, 6.45) is 9.37. The predicted molar refractivity (Wildman–Crippen MR) is 72.5 cm³/mol. The quantitative estimate of drug-likeness (QED) is 0.737. The fourth-order valence-corrected chi connectivity index (χ4v) is 2.95. The van der Waals surface area contributed by atoms with E-state index in [-0.39, 0.29) is 0 Å². The van der Waals surface area contributed by atoms with E-state index in [0.717, 1.165) is 12.8 Å². The van der Waals surface area contributed by atoms with Crippen LogP contribution in [-0.4, -0.2) is 15.2 Å². The molecule has 2 nitrogen and oxygen atoms in total. The Kier molecular flexibility index (Phi) is 4.49. The number of rotatable bonds is 4. The van der Waals surface area contributed by atoms with E-state index < -0.39 is 0 Å². The average Bonchev–Trinajstić information content (AvgIpc) is 2.80. The third-order valence-corrected chi connectivity index (χ3v) is 4.57. The summed E-state index contributed by atoms with van der Waals surface area (Å²) >= 11 is 6.39. The van der Waals surface area contributed by atoms with Gasteiger partial charge in [-0.1, -0.05) is 19.8 Å². The maximum Gasteiger partial charge on any atom is 0.0628 e. The van der Waals surface area contributed by atoms with Crippen LogP contribution in [0.4, 0.5) is 0 Å². The Morgan fingerprint density at radius 1 is 1.47 bits per heavy atom. The predicted octanol–water partition coefficient (Wildman–Crippen LogP) is 4.19.